The van der Waals surface area contributed by atoms with E-state index in [1.165, 1.54) is 5.56 Å². The van der Waals surface area contributed by atoms with Gasteiger partial charge in [0.2, 0.25) is 0 Å². The van der Waals surface area contributed by atoms with Gasteiger partial charge in [-0.2, -0.15) is 0 Å². The minimum atomic E-state index is -0.433. The first-order valence-electron chi connectivity index (χ1n) is 6.85. The Bertz CT molecular complexity index is 397. The summed E-state index contributed by atoms with van der Waals surface area (Å²) in [6, 6.07) is 8.09. The second-order valence-corrected chi connectivity index (χ2v) is 4.23. The highest BCUT2D eigenvalue weighted by Crippen LogP contribution is 2.13. The van der Waals surface area contributed by atoms with E-state index in [1.54, 1.807) is 0 Å². The van der Waals surface area contributed by atoms with E-state index in [1.807, 2.05) is 12.1 Å². The molecule has 1 aromatic rings. The van der Waals surface area contributed by atoms with Crippen LogP contribution in [0.1, 0.15) is 18.9 Å². The van der Waals surface area contributed by atoms with E-state index in [0.29, 0.717) is 19.8 Å². The van der Waals surface area contributed by atoms with Crippen LogP contribution in [0.5, 0.6) is 5.75 Å². The normalized spacial score (nSPS) is 10.1. The fraction of sp³-hybridized carbons (Fsp3) is 0.438. The summed E-state index contributed by atoms with van der Waals surface area (Å²) in [5, 5.41) is 0. The molecule has 0 unspecified atom stereocenters. The van der Waals surface area contributed by atoms with Crippen LogP contribution in [-0.4, -0.2) is 32.4 Å². The molecule has 0 radical (unpaired) electrons. The Balaban J connectivity index is 2.06. The number of aryl methyl sites for hydroxylation is 1. The third-order valence-corrected chi connectivity index (χ3v) is 2.60. The SMILES string of the molecule is C=CC(=O)OCCOCCOc1ccc(CCC)cc1. The third-order valence-electron chi connectivity index (χ3n) is 2.60. The van der Waals surface area contributed by atoms with Gasteiger partial charge in [0.1, 0.15) is 19.0 Å². The summed E-state index contributed by atoms with van der Waals surface area (Å²) in [5.41, 5.74) is 1.32. The molecule has 0 aliphatic rings. The number of esters is 1. The van der Waals surface area contributed by atoms with E-state index in [-0.39, 0.29) is 6.61 Å². The average molecular weight is 278 g/mol. The highest BCUT2D eigenvalue weighted by atomic mass is 16.6. The molecule has 4 nitrogen and oxygen atoms in total. The summed E-state index contributed by atoms with van der Waals surface area (Å²) in [5.74, 6) is 0.406. The van der Waals surface area contributed by atoms with E-state index in [0.717, 1.165) is 24.7 Å². The fourth-order valence-corrected chi connectivity index (χ4v) is 1.62. The second-order valence-electron chi connectivity index (χ2n) is 4.23. The Kier molecular flexibility index (Phi) is 8.15. The van der Waals surface area contributed by atoms with Gasteiger partial charge in [-0.05, 0) is 24.1 Å². The van der Waals surface area contributed by atoms with E-state index in [2.05, 4.69) is 25.6 Å². The van der Waals surface area contributed by atoms with Crippen LogP contribution in [0.2, 0.25) is 0 Å². The topological polar surface area (TPSA) is 44.8 Å². The van der Waals surface area contributed by atoms with Gasteiger partial charge < -0.3 is 14.2 Å². The Labute approximate surface area is 120 Å². The van der Waals surface area contributed by atoms with Gasteiger partial charge in [-0.25, -0.2) is 4.79 Å². The lowest BCUT2D eigenvalue weighted by Crippen LogP contribution is -2.12. The molecule has 20 heavy (non-hydrogen) atoms. The van der Waals surface area contributed by atoms with Gasteiger partial charge in [0.25, 0.3) is 0 Å². The van der Waals surface area contributed by atoms with Crippen molar-refractivity contribution in [2.24, 2.45) is 0 Å². The number of benzene rings is 1. The smallest absolute Gasteiger partial charge is 0.330 e. The lowest BCUT2D eigenvalue weighted by atomic mass is 10.1. The molecule has 0 bridgehead atoms. The first-order valence-corrected chi connectivity index (χ1v) is 6.85. The van der Waals surface area contributed by atoms with E-state index in [9.17, 15) is 4.79 Å². The van der Waals surface area contributed by atoms with Crippen LogP contribution in [0, 0.1) is 0 Å². The number of carbonyl (C=O) groups is 1. The van der Waals surface area contributed by atoms with Crippen molar-refractivity contribution in [3.63, 3.8) is 0 Å². The Hall–Kier alpha value is -1.81. The molecule has 0 aromatic heterocycles. The van der Waals surface area contributed by atoms with Gasteiger partial charge in [-0.15, -0.1) is 0 Å². The zero-order valence-electron chi connectivity index (χ0n) is 12.0. The van der Waals surface area contributed by atoms with Crippen LogP contribution in [0.25, 0.3) is 0 Å². The molecular formula is C16H22O4. The molecule has 4 heteroatoms. The summed E-state index contributed by atoms with van der Waals surface area (Å²) in [4.78, 5) is 10.7. The van der Waals surface area contributed by atoms with Crippen molar-refractivity contribution in [1.82, 2.24) is 0 Å². The molecular weight excluding hydrogens is 256 g/mol. The molecule has 0 aliphatic heterocycles. The largest absolute Gasteiger partial charge is 0.491 e. The molecule has 110 valence electrons. The molecule has 0 amide bonds. The molecule has 0 saturated carbocycles. The fourth-order valence-electron chi connectivity index (χ4n) is 1.62. The van der Waals surface area contributed by atoms with Crippen LogP contribution < -0.4 is 4.74 Å². The maximum absolute atomic E-state index is 10.7. The Morgan fingerprint density at radius 2 is 1.85 bits per heavy atom. The highest BCUT2D eigenvalue weighted by Gasteiger charge is 1.97. The zero-order chi connectivity index (χ0) is 14.6. The summed E-state index contributed by atoms with van der Waals surface area (Å²) in [6.07, 6.45) is 3.36. The lowest BCUT2D eigenvalue weighted by Gasteiger charge is -2.08. The van der Waals surface area contributed by atoms with Gasteiger partial charge >= 0.3 is 5.97 Å². The number of hydrogen-bond donors (Lipinski definition) is 0. The minimum Gasteiger partial charge on any atom is -0.491 e. The predicted molar refractivity (Wildman–Crippen MR) is 77.9 cm³/mol. The number of hydrogen-bond acceptors (Lipinski definition) is 4. The van der Waals surface area contributed by atoms with Crippen LogP contribution >= 0.6 is 0 Å². The summed E-state index contributed by atoms with van der Waals surface area (Å²) >= 11 is 0. The lowest BCUT2D eigenvalue weighted by molar-refractivity contribution is -0.139. The summed E-state index contributed by atoms with van der Waals surface area (Å²) < 4.78 is 15.6. The molecule has 0 atom stereocenters. The van der Waals surface area contributed by atoms with E-state index < -0.39 is 5.97 Å². The van der Waals surface area contributed by atoms with Gasteiger partial charge in [0.05, 0.1) is 13.2 Å². The van der Waals surface area contributed by atoms with Crippen LogP contribution in [0.4, 0.5) is 0 Å². The summed E-state index contributed by atoms with van der Waals surface area (Å²) in [6.45, 7) is 6.99. The first-order chi connectivity index (χ1) is 9.76. The van der Waals surface area contributed by atoms with Gasteiger partial charge in [-0.3, -0.25) is 0 Å². The van der Waals surface area contributed by atoms with Crippen molar-refractivity contribution in [1.29, 1.82) is 0 Å². The van der Waals surface area contributed by atoms with Crippen molar-refractivity contribution in [3.8, 4) is 5.75 Å². The Morgan fingerprint density at radius 3 is 2.50 bits per heavy atom. The molecule has 0 saturated heterocycles. The standard InChI is InChI=1S/C16H22O4/c1-3-5-14-6-8-15(9-7-14)19-12-10-18-11-13-20-16(17)4-2/h4,6-9H,2-3,5,10-13H2,1H3. The van der Waals surface area contributed by atoms with Crippen molar-refractivity contribution in [2.75, 3.05) is 26.4 Å². The quantitative estimate of drug-likeness (QED) is 0.375. The maximum Gasteiger partial charge on any atom is 0.330 e. The number of ether oxygens (including phenoxy) is 3. The predicted octanol–water partition coefficient (Wildman–Crippen LogP) is 2.76. The Morgan fingerprint density at radius 1 is 1.15 bits per heavy atom. The average Bonchev–Trinajstić information content (AvgIpc) is 2.48. The minimum absolute atomic E-state index is 0.233. The highest BCUT2D eigenvalue weighted by molar-refractivity contribution is 5.81. The molecule has 0 aliphatic carbocycles. The van der Waals surface area contributed by atoms with Crippen molar-refractivity contribution >= 4 is 5.97 Å². The van der Waals surface area contributed by atoms with Gasteiger partial charge in [0.15, 0.2) is 0 Å². The first kappa shape index (κ1) is 16.2. The van der Waals surface area contributed by atoms with Crippen LogP contribution in [0.3, 0.4) is 0 Å². The van der Waals surface area contributed by atoms with E-state index in [4.69, 9.17) is 14.2 Å². The van der Waals surface area contributed by atoms with Crippen LogP contribution in [0.15, 0.2) is 36.9 Å². The molecule has 1 aromatic carbocycles. The number of rotatable bonds is 10. The molecule has 0 N–H and O–H groups in total. The van der Waals surface area contributed by atoms with Crippen molar-refractivity contribution in [2.45, 2.75) is 19.8 Å². The zero-order valence-corrected chi connectivity index (χ0v) is 12.0. The molecule has 0 heterocycles. The molecule has 1 rings (SSSR count). The maximum atomic E-state index is 10.7. The van der Waals surface area contributed by atoms with Gasteiger partial charge in [0, 0.05) is 6.08 Å². The second kappa shape index (κ2) is 10.0. The monoisotopic (exact) mass is 278 g/mol. The van der Waals surface area contributed by atoms with Crippen molar-refractivity contribution < 1.29 is 19.0 Å². The van der Waals surface area contributed by atoms with E-state index >= 15 is 0 Å². The van der Waals surface area contributed by atoms with Crippen LogP contribution in [-0.2, 0) is 20.7 Å². The van der Waals surface area contributed by atoms with Crippen molar-refractivity contribution in [3.05, 3.63) is 42.5 Å². The summed E-state index contributed by atoms with van der Waals surface area (Å²) in [7, 11) is 0. The number of carbonyl (C=O) groups excluding carboxylic acids is 1. The van der Waals surface area contributed by atoms with Gasteiger partial charge in [-0.1, -0.05) is 32.1 Å². The third kappa shape index (κ3) is 6.95. The molecule has 0 fully saturated rings. The molecule has 0 spiro atoms.